The third-order valence-corrected chi connectivity index (χ3v) is 6.63. The molecule has 2 aromatic rings. The molecule has 194 valence electrons. The van der Waals surface area contributed by atoms with Gasteiger partial charge in [-0.1, -0.05) is 44.9 Å². The number of benzene rings is 1. The summed E-state index contributed by atoms with van der Waals surface area (Å²) in [6.07, 6.45) is 4.88. The van der Waals surface area contributed by atoms with E-state index in [2.05, 4.69) is 29.4 Å². The molecule has 0 bridgehead atoms. The lowest BCUT2D eigenvalue weighted by Crippen LogP contribution is -2.38. The minimum absolute atomic E-state index is 0.0220. The van der Waals surface area contributed by atoms with Gasteiger partial charge in [-0.3, -0.25) is 9.59 Å². The second-order valence-corrected chi connectivity index (χ2v) is 9.17. The minimum Gasteiger partial charge on any atom is -0.493 e. The van der Waals surface area contributed by atoms with Crippen molar-refractivity contribution in [1.29, 1.82) is 0 Å². The summed E-state index contributed by atoms with van der Waals surface area (Å²) in [4.78, 5) is 27.4. The summed E-state index contributed by atoms with van der Waals surface area (Å²) in [5, 5.41) is 12.1. The highest BCUT2D eigenvalue weighted by molar-refractivity contribution is 7.18. The summed E-state index contributed by atoms with van der Waals surface area (Å²) in [5.74, 6) is 1.47. The lowest BCUT2D eigenvalue weighted by Gasteiger charge is -2.26. The van der Waals surface area contributed by atoms with Gasteiger partial charge in [0.05, 0.1) is 21.3 Å². The van der Waals surface area contributed by atoms with Crippen molar-refractivity contribution in [1.82, 2.24) is 15.1 Å². The Kier molecular flexibility index (Phi) is 11.8. The molecule has 1 aromatic heterocycles. The zero-order valence-corrected chi connectivity index (χ0v) is 22.5. The molecule has 0 aliphatic heterocycles. The summed E-state index contributed by atoms with van der Waals surface area (Å²) in [6, 6.07) is 3.56. The highest BCUT2D eigenvalue weighted by atomic mass is 32.1. The molecule has 0 saturated heterocycles. The summed E-state index contributed by atoms with van der Waals surface area (Å²) in [5.41, 5.74) is 0.731. The fourth-order valence-corrected chi connectivity index (χ4v) is 4.57. The van der Waals surface area contributed by atoms with Gasteiger partial charge in [0.25, 0.3) is 0 Å². The van der Waals surface area contributed by atoms with E-state index in [9.17, 15) is 9.59 Å². The number of amides is 2. The van der Waals surface area contributed by atoms with E-state index in [1.165, 1.54) is 11.3 Å². The Balaban J connectivity index is 2.04. The highest BCUT2D eigenvalue weighted by Crippen LogP contribution is 2.42. The first-order valence-corrected chi connectivity index (χ1v) is 13.0. The largest absolute Gasteiger partial charge is 0.493 e. The number of rotatable bonds is 15. The van der Waals surface area contributed by atoms with E-state index in [-0.39, 0.29) is 24.2 Å². The number of hydrogen-bond acceptors (Lipinski definition) is 8. The molecule has 0 aliphatic carbocycles. The van der Waals surface area contributed by atoms with Gasteiger partial charge in [-0.2, -0.15) is 0 Å². The molecule has 1 heterocycles. The molecule has 35 heavy (non-hydrogen) atoms. The predicted molar refractivity (Wildman–Crippen MR) is 138 cm³/mol. The first-order chi connectivity index (χ1) is 16.9. The molecule has 0 fully saturated rings. The van der Waals surface area contributed by atoms with Crippen molar-refractivity contribution in [2.45, 2.75) is 59.3 Å². The van der Waals surface area contributed by atoms with E-state index in [1.54, 1.807) is 33.5 Å². The van der Waals surface area contributed by atoms with Crippen LogP contribution in [0, 0.1) is 5.92 Å². The van der Waals surface area contributed by atoms with Crippen molar-refractivity contribution < 1.29 is 23.8 Å². The third-order valence-electron chi connectivity index (χ3n) is 5.75. The average molecular weight is 507 g/mol. The van der Waals surface area contributed by atoms with Gasteiger partial charge in [0, 0.05) is 31.0 Å². The molecule has 1 aromatic carbocycles. The van der Waals surface area contributed by atoms with Gasteiger partial charge in [0.1, 0.15) is 5.01 Å². The van der Waals surface area contributed by atoms with Crippen molar-refractivity contribution >= 4 is 28.3 Å². The standard InChI is InChI=1S/C25H38N4O5S/c1-7-10-11-17(9-3)24(31)29(13-8-2)14-12-21(30)26-25-28-27-23(35-25)18-15-19(32-4)22(34-6)20(16-18)33-5/h15-17H,7-14H2,1-6H3,(H,26,28,30). The van der Waals surface area contributed by atoms with Crippen LogP contribution in [0.1, 0.15) is 59.3 Å². The van der Waals surface area contributed by atoms with E-state index in [1.807, 2.05) is 11.8 Å². The first kappa shape index (κ1) is 28.4. The Labute approximate surface area is 212 Å². The molecular formula is C25H38N4O5S. The van der Waals surface area contributed by atoms with Gasteiger partial charge >= 0.3 is 0 Å². The van der Waals surface area contributed by atoms with Crippen LogP contribution in [0.4, 0.5) is 5.13 Å². The SMILES string of the molecule is CCCCC(CC)C(=O)N(CCC)CCC(=O)Nc1nnc(-c2cc(OC)c(OC)c(OC)c2)s1. The smallest absolute Gasteiger partial charge is 0.227 e. The molecule has 2 amide bonds. The Morgan fingerprint density at radius 3 is 2.23 bits per heavy atom. The second-order valence-electron chi connectivity index (χ2n) is 8.20. The normalized spacial score (nSPS) is 11.6. The van der Waals surface area contributed by atoms with Gasteiger partial charge in [-0.05, 0) is 31.4 Å². The number of unbranched alkanes of at least 4 members (excludes halogenated alkanes) is 1. The molecule has 0 spiro atoms. The summed E-state index contributed by atoms with van der Waals surface area (Å²) in [6.45, 7) is 7.26. The third kappa shape index (κ3) is 7.81. The highest BCUT2D eigenvalue weighted by Gasteiger charge is 2.23. The maximum absolute atomic E-state index is 13.0. The number of anilines is 1. The molecule has 0 aliphatic rings. The molecule has 9 nitrogen and oxygen atoms in total. The van der Waals surface area contributed by atoms with E-state index < -0.39 is 0 Å². The zero-order chi connectivity index (χ0) is 25.8. The molecule has 1 atom stereocenters. The number of nitrogens with one attached hydrogen (secondary N) is 1. The van der Waals surface area contributed by atoms with E-state index >= 15 is 0 Å². The number of carbonyl (C=O) groups excluding carboxylic acids is 2. The maximum atomic E-state index is 13.0. The monoisotopic (exact) mass is 506 g/mol. The molecule has 1 N–H and O–H groups in total. The van der Waals surface area contributed by atoms with Crippen LogP contribution in [0.25, 0.3) is 10.6 Å². The topological polar surface area (TPSA) is 103 Å². The summed E-state index contributed by atoms with van der Waals surface area (Å²) in [7, 11) is 4.64. The molecular weight excluding hydrogens is 468 g/mol. The van der Waals surface area contributed by atoms with Crippen molar-refractivity contribution in [3.05, 3.63) is 12.1 Å². The predicted octanol–water partition coefficient (Wildman–Crippen LogP) is 5.01. The molecule has 1 unspecified atom stereocenters. The molecule has 0 radical (unpaired) electrons. The first-order valence-electron chi connectivity index (χ1n) is 12.1. The van der Waals surface area contributed by atoms with Gasteiger partial charge < -0.3 is 24.4 Å². The Morgan fingerprint density at radius 1 is 1.00 bits per heavy atom. The quantitative estimate of drug-likeness (QED) is 0.362. The Hall–Kier alpha value is -2.88. The van der Waals surface area contributed by atoms with E-state index in [0.29, 0.717) is 40.5 Å². The fraction of sp³-hybridized carbons (Fsp3) is 0.600. The van der Waals surface area contributed by atoms with Gasteiger partial charge in [-0.15, -0.1) is 10.2 Å². The van der Waals surface area contributed by atoms with E-state index in [0.717, 1.165) is 37.7 Å². The molecule has 0 saturated carbocycles. The number of ether oxygens (including phenoxy) is 3. The number of nitrogens with zero attached hydrogens (tertiary/aromatic N) is 3. The van der Waals surface area contributed by atoms with Crippen LogP contribution >= 0.6 is 11.3 Å². The average Bonchev–Trinajstić information content (AvgIpc) is 3.34. The van der Waals surface area contributed by atoms with Crippen LogP contribution < -0.4 is 19.5 Å². The second kappa shape index (κ2) is 14.5. The lowest BCUT2D eigenvalue weighted by molar-refractivity contribution is -0.136. The Bertz CT molecular complexity index is 940. The number of aromatic nitrogens is 2. The van der Waals surface area contributed by atoms with Crippen LogP contribution in [-0.4, -0.2) is 61.3 Å². The zero-order valence-electron chi connectivity index (χ0n) is 21.7. The lowest BCUT2D eigenvalue weighted by atomic mass is 9.97. The summed E-state index contributed by atoms with van der Waals surface area (Å²) < 4.78 is 16.2. The van der Waals surface area contributed by atoms with Crippen LogP contribution in [0.2, 0.25) is 0 Å². The van der Waals surface area contributed by atoms with Gasteiger partial charge in [-0.25, -0.2) is 0 Å². The molecule has 10 heteroatoms. The van der Waals surface area contributed by atoms with Crippen LogP contribution in [0.5, 0.6) is 17.2 Å². The minimum atomic E-state index is -0.201. The summed E-state index contributed by atoms with van der Waals surface area (Å²) >= 11 is 1.25. The van der Waals surface area contributed by atoms with Crippen molar-refractivity contribution in [2.24, 2.45) is 5.92 Å². The Morgan fingerprint density at radius 2 is 1.69 bits per heavy atom. The van der Waals surface area contributed by atoms with Gasteiger partial charge in [0.15, 0.2) is 11.5 Å². The van der Waals surface area contributed by atoms with Crippen molar-refractivity contribution in [2.75, 3.05) is 39.7 Å². The van der Waals surface area contributed by atoms with Gasteiger partial charge in [0.2, 0.25) is 22.7 Å². The van der Waals surface area contributed by atoms with Crippen LogP contribution in [0.15, 0.2) is 12.1 Å². The maximum Gasteiger partial charge on any atom is 0.227 e. The number of methoxy groups -OCH3 is 3. The van der Waals surface area contributed by atoms with Crippen LogP contribution in [-0.2, 0) is 9.59 Å². The van der Waals surface area contributed by atoms with Crippen LogP contribution in [0.3, 0.4) is 0 Å². The van der Waals surface area contributed by atoms with E-state index in [4.69, 9.17) is 14.2 Å². The number of hydrogen-bond donors (Lipinski definition) is 1. The molecule has 2 rings (SSSR count). The van der Waals surface area contributed by atoms with Crippen molar-refractivity contribution in [3.8, 4) is 27.8 Å². The number of carbonyl (C=O) groups is 2. The van der Waals surface area contributed by atoms with Crippen molar-refractivity contribution in [3.63, 3.8) is 0 Å². The fourth-order valence-electron chi connectivity index (χ4n) is 3.83.